The van der Waals surface area contributed by atoms with Crippen LogP contribution in [0.15, 0.2) is 29.9 Å². The van der Waals surface area contributed by atoms with Crippen molar-refractivity contribution in [3.8, 4) is 0 Å². The normalized spacial score (nSPS) is 12.1. The van der Waals surface area contributed by atoms with Crippen LogP contribution in [0.1, 0.15) is 16.6 Å². The van der Waals surface area contributed by atoms with Crippen LogP contribution in [0.2, 0.25) is 0 Å². The molecule has 4 heteroatoms. The highest BCUT2D eigenvalue weighted by atomic mass is 32.1. The Morgan fingerprint density at radius 1 is 1.79 bits per heavy atom. The SMILES string of the molecule is C=C(O)C(C)CNC(=O)c1cccs1. The van der Waals surface area contributed by atoms with Gasteiger partial charge in [0.25, 0.3) is 5.91 Å². The quantitative estimate of drug-likeness (QED) is 0.750. The van der Waals surface area contributed by atoms with Crippen LogP contribution in [0.25, 0.3) is 0 Å². The number of nitrogens with one attached hydrogen (secondary N) is 1. The zero-order chi connectivity index (χ0) is 10.6. The van der Waals surface area contributed by atoms with Gasteiger partial charge < -0.3 is 10.4 Å². The van der Waals surface area contributed by atoms with Crippen LogP contribution in [-0.4, -0.2) is 17.6 Å². The van der Waals surface area contributed by atoms with E-state index in [2.05, 4.69) is 11.9 Å². The van der Waals surface area contributed by atoms with Gasteiger partial charge in [0.15, 0.2) is 0 Å². The van der Waals surface area contributed by atoms with Crippen molar-refractivity contribution < 1.29 is 9.90 Å². The highest BCUT2D eigenvalue weighted by molar-refractivity contribution is 7.12. The van der Waals surface area contributed by atoms with Crippen molar-refractivity contribution in [1.29, 1.82) is 0 Å². The Morgan fingerprint density at radius 3 is 3.00 bits per heavy atom. The lowest BCUT2D eigenvalue weighted by atomic mass is 10.1. The standard InChI is InChI=1S/C10H13NO2S/c1-7(8(2)12)6-11-10(13)9-4-3-5-14-9/h3-5,7,12H,2,6H2,1H3,(H,11,13). The van der Waals surface area contributed by atoms with Gasteiger partial charge in [0.1, 0.15) is 0 Å². The molecule has 0 radical (unpaired) electrons. The lowest BCUT2D eigenvalue weighted by molar-refractivity contribution is 0.0952. The number of rotatable bonds is 4. The summed E-state index contributed by atoms with van der Waals surface area (Å²) in [5, 5.41) is 13.6. The van der Waals surface area contributed by atoms with Crippen LogP contribution < -0.4 is 5.32 Å². The average Bonchev–Trinajstić information content (AvgIpc) is 2.66. The second-order valence-electron chi connectivity index (χ2n) is 3.08. The summed E-state index contributed by atoms with van der Waals surface area (Å²) in [4.78, 5) is 12.1. The molecule has 76 valence electrons. The minimum absolute atomic E-state index is 0.0940. The minimum Gasteiger partial charge on any atom is -0.513 e. The molecular weight excluding hydrogens is 198 g/mol. The van der Waals surface area contributed by atoms with E-state index in [1.165, 1.54) is 11.3 Å². The topological polar surface area (TPSA) is 49.3 Å². The summed E-state index contributed by atoms with van der Waals surface area (Å²) in [6.45, 7) is 5.61. The van der Waals surface area contributed by atoms with Crippen molar-refractivity contribution in [3.05, 3.63) is 34.7 Å². The monoisotopic (exact) mass is 211 g/mol. The predicted molar refractivity (Wildman–Crippen MR) is 57.6 cm³/mol. The molecule has 1 unspecified atom stereocenters. The Kier molecular flexibility index (Phi) is 3.71. The summed E-state index contributed by atoms with van der Waals surface area (Å²) >= 11 is 1.39. The van der Waals surface area contributed by atoms with Crippen LogP contribution >= 0.6 is 11.3 Å². The molecule has 0 aromatic carbocycles. The molecule has 1 atom stereocenters. The molecule has 0 bridgehead atoms. The van der Waals surface area contributed by atoms with Gasteiger partial charge in [-0.3, -0.25) is 4.79 Å². The van der Waals surface area contributed by atoms with Gasteiger partial charge in [0.2, 0.25) is 0 Å². The van der Waals surface area contributed by atoms with Gasteiger partial charge in [0, 0.05) is 12.5 Å². The second kappa shape index (κ2) is 4.81. The lowest BCUT2D eigenvalue weighted by Gasteiger charge is -2.09. The number of thiophene rings is 1. The van der Waals surface area contributed by atoms with E-state index < -0.39 is 0 Å². The molecule has 0 aliphatic carbocycles. The Bertz CT molecular complexity index is 319. The third kappa shape index (κ3) is 2.88. The van der Waals surface area contributed by atoms with Crippen LogP contribution in [0.3, 0.4) is 0 Å². The van der Waals surface area contributed by atoms with E-state index in [9.17, 15) is 4.79 Å². The average molecular weight is 211 g/mol. The van der Waals surface area contributed by atoms with Gasteiger partial charge in [-0.15, -0.1) is 11.3 Å². The third-order valence-electron chi connectivity index (χ3n) is 1.88. The molecule has 0 saturated carbocycles. The Hall–Kier alpha value is -1.29. The molecule has 1 rings (SSSR count). The first-order chi connectivity index (χ1) is 6.61. The number of aliphatic hydroxyl groups excluding tert-OH is 1. The molecule has 0 spiro atoms. The molecule has 1 aromatic heterocycles. The Morgan fingerprint density at radius 2 is 2.50 bits per heavy atom. The first-order valence-corrected chi connectivity index (χ1v) is 5.18. The van der Waals surface area contributed by atoms with E-state index in [-0.39, 0.29) is 17.6 Å². The lowest BCUT2D eigenvalue weighted by Crippen LogP contribution is -2.28. The molecule has 14 heavy (non-hydrogen) atoms. The van der Waals surface area contributed by atoms with E-state index in [1.54, 1.807) is 13.0 Å². The fraction of sp³-hybridized carbons (Fsp3) is 0.300. The van der Waals surface area contributed by atoms with Crippen molar-refractivity contribution >= 4 is 17.2 Å². The van der Waals surface area contributed by atoms with Crippen LogP contribution in [0, 0.1) is 5.92 Å². The number of carbonyl (C=O) groups is 1. The van der Waals surface area contributed by atoms with Crippen molar-refractivity contribution in [2.45, 2.75) is 6.92 Å². The summed E-state index contributed by atoms with van der Waals surface area (Å²) in [5.74, 6) is -0.122. The van der Waals surface area contributed by atoms with Gasteiger partial charge in [-0.05, 0) is 11.4 Å². The summed E-state index contributed by atoms with van der Waals surface area (Å²) < 4.78 is 0. The maximum atomic E-state index is 11.4. The second-order valence-corrected chi connectivity index (χ2v) is 4.03. The Balaban J connectivity index is 2.40. The number of hydrogen-bond donors (Lipinski definition) is 2. The van der Waals surface area contributed by atoms with Crippen molar-refractivity contribution in [2.24, 2.45) is 5.92 Å². The zero-order valence-electron chi connectivity index (χ0n) is 7.99. The van der Waals surface area contributed by atoms with E-state index in [4.69, 9.17) is 5.11 Å². The smallest absolute Gasteiger partial charge is 0.261 e. The fourth-order valence-electron chi connectivity index (χ4n) is 0.858. The van der Waals surface area contributed by atoms with E-state index in [0.29, 0.717) is 11.4 Å². The Labute approximate surface area is 87.1 Å². The number of aliphatic hydroxyl groups is 1. The summed E-state index contributed by atoms with van der Waals surface area (Å²) in [6.07, 6.45) is 0. The molecule has 0 fully saturated rings. The van der Waals surface area contributed by atoms with E-state index in [1.807, 2.05) is 11.4 Å². The first-order valence-electron chi connectivity index (χ1n) is 4.30. The van der Waals surface area contributed by atoms with Gasteiger partial charge in [-0.1, -0.05) is 19.6 Å². The van der Waals surface area contributed by atoms with Gasteiger partial charge in [-0.25, -0.2) is 0 Å². The van der Waals surface area contributed by atoms with E-state index in [0.717, 1.165) is 0 Å². The molecule has 0 aliphatic rings. The van der Waals surface area contributed by atoms with Crippen LogP contribution in [0.4, 0.5) is 0 Å². The van der Waals surface area contributed by atoms with Gasteiger partial charge in [0.05, 0.1) is 10.6 Å². The molecule has 1 aromatic rings. The van der Waals surface area contributed by atoms with Crippen molar-refractivity contribution in [2.75, 3.05) is 6.54 Å². The van der Waals surface area contributed by atoms with Crippen molar-refractivity contribution in [1.82, 2.24) is 5.32 Å². The molecular formula is C10H13NO2S. The molecule has 0 aliphatic heterocycles. The summed E-state index contributed by atoms with van der Waals surface area (Å²) in [5.41, 5.74) is 0. The fourth-order valence-corrected chi connectivity index (χ4v) is 1.50. The molecule has 1 heterocycles. The van der Waals surface area contributed by atoms with Crippen LogP contribution in [0.5, 0.6) is 0 Å². The largest absolute Gasteiger partial charge is 0.513 e. The zero-order valence-corrected chi connectivity index (χ0v) is 8.80. The minimum atomic E-state index is -0.112. The number of carbonyl (C=O) groups excluding carboxylic acids is 1. The molecule has 0 saturated heterocycles. The van der Waals surface area contributed by atoms with E-state index >= 15 is 0 Å². The summed E-state index contributed by atoms with van der Waals surface area (Å²) in [6, 6.07) is 3.59. The highest BCUT2D eigenvalue weighted by Gasteiger charge is 2.09. The number of amides is 1. The number of hydrogen-bond acceptors (Lipinski definition) is 3. The van der Waals surface area contributed by atoms with Gasteiger partial charge in [-0.2, -0.15) is 0 Å². The maximum absolute atomic E-state index is 11.4. The molecule has 3 nitrogen and oxygen atoms in total. The van der Waals surface area contributed by atoms with Crippen molar-refractivity contribution in [3.63, 3.8) is 0 Å². The van der Waals surface area contributed by atoms with Gasteiger partial charge >= 0.3 is 0 Å². The molecule has 2 N–H and O–H groups in total. The first kappa shape index (κ1) is 10.8. The summed E-state index contributed by atoms with van der Waals surface area (Å²) in [7, 11) is 0. The highest BCUT2D eigenvalue weighted by Crippen LogP contribution is 2.08. The molecule has 1 amide bonds. The predicted octanol–water partition coefficient (Wildman–Crippen LogP) is 2.19. The third-order valence-corrected chi connectivity index (χ3v) is 2.75. The maximum Gasteiger partial charge on any atom is 0.261 e. The van der Waals surface area contributed by atoms with Crippen LogP contribution in [-0.2, 0) is 0 Å².